The second kappa shape index (κ2) is 6.12. The minimum Gasteiger partial charge on any atom is -0.326 e. The van der Waals surface area contributed by atoms with Crippen LogP contribution in [0.15, 0.2) is 22.7 Å². The molecule has 20 heavy (non-hydrogen) atoms. The van der Waals surface area contributed by atoms with Gasteiger partial charge >= 0.3 is 0 Å². The summed E-state index contributed by atoms with van der Waals surface area (Å²) in [7, 11) is 0. The molecule has 0 aromatic heterocycles. The number of halogens is 2. The van der Waals surface area contributed by atoms with Gasteiger partial charge in [-0.1, -0.05) is 12.5 Å². The van der Waals surface area contributed by atoms with Gasteiger partial charge in [-0.3, -0.25) is 4.90 Å². The molecule has 112 valence electrons. The third kappa shape index (κ3) is 3.41. The Hall–Kier alpha value is -0.450. The standard InChI is InChI=1S/C16H24BrFN2/c1-16(2,3)20-9-5-4-6-14(19)15(20)11-7-8-13(18)12(17)10-11/h7-8,10,14-15H,4-6,9,19H2,1-3H3. The van der Waals surface area contributed by atoms with Crippen molar-refractivity contribution in [3.05, 3.63) is 34.1 Å². The van der Waals surface area contributed by atoms with E-state index in [-0.39, 0.29) is 23.4 Å². The van der Waals surface area contributed by atoms with Crippen molar-refractivity contribution in [3.63, 3.8) is 0 Å². The molecule has 0 radical (unpaired) electrons. The summed E-state index contributed by atoms with van der Waals surface area (Å²) in [5, 5.41) is 0. The number of nitrogens with two attached hydrogens (primary N) is 1. The molecule has 0 amide bonds. The average molecular weight is 343 g/mol. The van der Waals surface area contributed by atoms with Gasteiger partial charge in [0.2, 0.25) is 0 Å². The van der Waals surface area contributed by atoms with Crippen LogP contribution in [0.1, 0.15) is 51.6 Å². The van der Waals surface area contributed by atoms with E-state index in [1.54, 1.807) is 0 Å². The molecule has 0 aliphatic carbocycles. The van der Waals surface area contributed by atoms with E-state index >= 15 is 0 Å². The Labute approximate surface area is 129 Å². The highest BCUT2D eigenvalue weighted by atomic mass is 79.9. The Morgan fingerprint density at radius 3 is 2.60 bits per heavy atom. The van der Waals surface area contributed by atoms with E-state index in [0.29, 0.717) is 4.47 Å². The normalized spacial score (nSPS) is 25.5. The van der Waals surface area contributed by atoms with Crippen molar-refractivity contribution < 1.29 is 4.39 Å². The first kappa shape index (κ1) is 15.9. The highest BCUT2D eigenvalue weighted by Crippen LogP contribution is 2.35. The Morgan fingerprint density at radius 2 is 2.00 bits per heavy atom. The molecule has 2 rings (SSSR count). The molecule has 2 unspecified atom stereocenters. The van der Waals surface area contributed by atoms with Crippen LogP contribution in [0.5, 0.6) is 0 Å². The third-order valence-corrected chi connectivity index (χ3v) is 4.68. The molecule has 1 saturated heterocycles. The molecule has 1 aliphatic rings. The first-order valence-corrected chi connectivity index (χ1v) is 8.07. The fourth-order valence-corrected chi connectivity index (χ4v) is 3.46. The van der Waals surface area contributed by atoms with Crippen molar-refractivity contribution in [2.75, 3.05) is 6.54 Å². The maximum atomic E-state index is 13.5. The molecule has 1 aromatic carbocycles. The van der Waals surface area contributed by atoms with E-state index in [0.717, 1.165) is 24.9 Å². The fourth-order valence-electron chi connectivity index (χ4n) is 3.07. The van der Waals surface area contributed by atoms with E-state index < -0.39 is 0 Å². The molecule has 2 nitrogen and oxygen atoms in total. The zero-order chi connectivity index (χ0) is 14.9. The highest BCUT2D eigenvalue weighted by Gasteiger charge is 2.35. The lowest BCUT2D eigenvalue weighted by Crippen LogP contribution is -2.49. The minimum absolute atomic E-state index is 0.0491. The van der Waals surface area contributed by atoms with Crippen LogP contribution in [0.2, 0.25) is 0 Å². The summed E-state index contributed by atoms with van der Waals surface area (Å²) in [4.78, 5) is 2.46. The van der Waals surface area contributed by atoms with Gasteiger partial charge in [-0.25, -0.2) is 4.39 Å². The zero-order valence-electron chi connectivity index (χ0n) is 12.5. The number of hydrogen-bond donors (Lipinski definition) is 1. The topological polar surface area (TPSA) is 29.3 Å². The van der Waals surface area contributed by atoms with E-state index in [2.05, 4.69) is 41.6 Å². The van der Waals surface area contributed by atoms with Crippen LogP contribution >= 0.6 is 15.9 Å². The van der Waals surface area contributed by atoms with Crippen molar-refractivity contribution in [3.8, 4) is 0 Å². The molecule has 2 atom stereocenters. The Balaban J connectivity index is 2.42. The Bertz CT molecular complexity index is 470. The highest BCUT2D eigenvalue weighted by molar-refractivity contribution is 9.10. The van der Waals surface area contributed by atoms with Gasteiger partial charge in [0, 0.05) is 11.6 Å². The molecule has 0 spiro atoms. The van der Waals surface area contributed by atoms with Crippen LogP contribution in [-0.2, 0) is 0 Å². The van der Waals surface area contributed by atoms with Crippen LogP contribution in [0.4, 0.5) is 4.39 Å². The molecule has 1 heterocycles. The summed E-state index contributed by atoms with van der Waals surface area (Å²) < 4.78 is 14.0. The molecule has 1 aromatic rings. The summed E-state index contributed by atoms with van der Waals surface area (Å²) in [6.07, 6.45) is 3.35. The maximum Gasteiger partial charge on any atom is 0.137 e. The van der Waals surface area contributed by atoms with E-state index in [9.17, 15) is 4.39 Å². The van der Waals surface area contributed by atoms with Crippen molar-refractivity contribution in [1.82, 2.24) is 4.90 Å². The van der Waals surface area contributed by atoms with Crippen molar-refractivity contribution in [1.29, 1.82) is 0 Å². The Morgan fingerprint density at radius 1 is 1.30 bits per heavy atom. The van der Waals surface area contributed by atoms with Gasteiger partial charge in [0.25, 0.3) is 0 Å². The van der Waals surface area contributed by atoms with Crippen molar-refractivity contribution >= 4 is 15.9 Å². The molecule has 2 N–H and O–H groups in total. The van der Waals surface area contributed by atoms with Crippen LogP contribution in [0, 0.1) is 5.82 Å². The van der Waals surface area contributed by atoms with Crippen LogP contribution in [-0.4, -0.2) is 23.0 Å². The van der Waals surface area contributed by atoms with Gasteiger partial charge < -0.3 is 5.73 Å². The zero-order valence-corrected chi connectivity index (χ0v) is 14.1. The quantitative estimate of drug-likeness (QED) is 0.826. The summed E-state index contributed by atoms with van der Waals surface area (Å²) in [5.74, 6) is -0.224. The van der Waals surface area contributed by atoms with Gasteiger partial charge in [-0.2, -0.15) is 0 Å². The number of hydrogen-bond acceptors (Lipinski definition) is 2. The average Bonchev–Trinajstić information content (AvgIpc) is 2.54. The second-order valence-corrected chi connectivity index (χ2v) is 7.50. The molecule has 4 heteroatoms. The molecule has 0 bridgehead atoms. The van der Waals surface area contributed by atoms with Crippen LogP contribution in [0.25, 0.3) is 0 Å². The second-order valence-electron chi connectivity index (χ2n) is 6.64. The molecule has 0 saturated carbocycles. The van der Waals surface area contributed by atoms with Gasteiger partial charge in [0.15, 0.2) is 0 Å². The summed E-state index contributed by atoms with van der Waals surface area (Å²) in [5.41, 5.74) is 7.58. The first-order valence-electron chi connectivity index (χ1n) is 7.28. The molecular weight excluding hydrogens is 319 g/mol. The number of rotatable bonds is 1. The maximum absolute atomic E-state index is 13.5. The summed E-state index contributed by atoms with van der Waals surface area (Å²) >= 11 is 3.29. The first-order chi connectivity index (χ1) is 9.30. The van der Waals surface area contributed by atoms with Gasteiger partial charge in [-0.05, 0) is 73.8 Å². The lowest BCUT2D eigenvalue weighted by atomic mass is 9.92. The van der Waals surface area contributed by atoms with E-state index in [4.69, 9.17) is 5.73 Å². The number of likely N-dealkylation sites (tertiary alicyclic amines) is 1. The van der Waals surface area contributed by atoms with E-state index in [1.807, 2.05) is 12.1 Å². The van der Waals surface area contributed by atoms with E-state index in [1.165, 1.54) is 12.5 Å². The predicted octanol–water partition coefficient (Wildman–Crippen LogP) is 4.24. The smallest absolute Gasteiger partial charge is 0.137 e. The molecular formula is C16H24BrFN2. The summed E-state index contributed by atoms with van der Waals surface area (Å²) in [6, 6.07) is 5.51. The van der Waals surface area contributed by atoms with Crippen molar-refractivity contribution in [2.24, 2.45) is 5.73 Å². The predicted molar refractivity (Wildman–Crippen MR) is 85.1 cm³/mol. The van der Waals surface area contributed by atoms with Crippen LogP contribution in [0.3, 0.4) is 0 Å². The Kier molecular flexibility index (Phi) is 4.88. The van der Waals surface area contributed by atoms with Gasteiger partial charge in [-0.15, -0.1) is 0 Å². The minimum atomic E-state index is -0.224. The lowest BCUT2D eigenvalue weighted by Gasteiger charge is -2.43. The van der Waals surface area contributed by atoms with Gasteiger partial charge in [0.05, 0.1) is 10.5 Å². The van der Waals surface area contributed by atoms with Crippen LogP contribution < -0.4 is 5.73 Å². The molecule has 1 aliphatic heterocycles. The van der Waals surface area contributed by atoms with Crippen molar-refractivity contribution in [2.45, 2.75) is 57.7 Å². The lowest BCUT2D eigenvalue weighted by molar-refractivity contribution is 0.0755. The van der Waals surface area contributed by atoms with Gasteiger partial charge in [0.1, 0.15) is 5.82 Å². The SMILES string of the molecule is CC(C)(C)N1CCCCC(N)C1c1ccc(F)c(Br)c1. The monoisotopic (exact) mass is 342 g/mol. The number of benzene rings is 1. The summed E-state index contributed by atoms with van der Waals surface area (Å²) in [6.45, 7) is 7.70. The largest absolute Gasteiger partial charge is 0.326 e. The fraction of sp³-hybridized carbons (Fsp3) is 0.625. The third-order valence-electron chi connectivity index (χ3n) is 4.07. The molecule has 1 fully saturated rings. The number of nitrogens with zero attached hydrogens (tertiary/aromatic N) is 1.